The molecule has 0 atom stereocenters. The maximum absolute atomic E-state index is 10.5. The number of hydrogen-bond donors (Lipinski definition) is 2. The molecule has 0 unspecified atom stereocenters. The van der Waals surface area contributed by atoms with E-state index in [1.807, 2.05) is 32.0 Å². The van der Waals surface area contributed by atoms with Crippen LogP contribution in [0.3, 0.4) is 0 Å². The molecule has 0 aromatic heterocycles. The summed E-state index contributed by atoms with van der Waals surface area (Å²) in [6, 6.07) is 9.12. The van der Waals surface area contributed by atoms with Crippen molar-refractivity contribution in [3.63, 3.8) is 0 Å². The molecule has 2 rings (SSSR count). The van der Waals surface area contributed by atoms with Gasteiger partial charge < -0.3 is 10.2 Å². The first-order valence-electron chi connectivity index (χ1n) is 7.32. The van der Waals surface area contributed by atoms with Crippen LogP contribution in [0.5, 0.6) is 0 Å². The lowest BCUT2D eigenvalue weighted by Crippen LogP contribution is -1.97. The smallest absolute Gasteiger partial charge is 0.275 e. The van der Waals surface area contributed by atoms with E-state index < -0.39 is 4.92 Å². The number of nitro groups is 1. The zero-order valence-corrected chi connectivity index (χ0v) is 14.0. The van der Waals surface area contributed by atoms with Crippen molar-refractivity contribution >= 4 is 5.69 Å². The lowest BCUT2D eigenvalue weighted by molar-refractivity contribution is -0.385. The second kappa shape index (κ2) is 11.3. The minimum absolute atomic E-state index is 0. The van der Waals surface area contributed by atoms with E-state index in [0.717, 1.165) is 16.7 Å². The topological polar surface area (TPSA) is 83.6 Å². The predicted molar refractivity (Wildman–Crippen MR) is 104 cm³/mol. The molecule has 0 bridgehead atoms. The number of rotatable bonds is 3. The monoisotopic (exact) mass is 349 g/mol. The van der Waals surface area contributed by atoms with Gasteiger partial charge in [-0.1, -0.05) is 33.1 Å². The van der Waals surface area contributed by atoms with Gasteiger partial charge in [0.1, 0.15) is 0 Å². The van der Waals surface area contributed by atoms with E-state index in [9.17, 15) is 10.1 Å². The number of benzene rings is 2. The highest BCUT2D eigenvalue weighted by atomic mass is 16.6. The Morgan fingerprint density at radius 1 is 0.840 bits per heavy atom. The standard InChI is InChI=1S/C9H11NO3.C9H12O.2CH4/c1-6-3-8(5-11)9(10(12)13)4-7(6)2;1-7-3-4-9(6-10)5-8(7)2;;/h3-4,11H,5H2,1-2H3;3-5,10H,6H2,1-2H3;2*1H4. The maximum Gasteiger partial charge on any atom is 0.275 e. The third kappa shape index (κ3) is 7.03. The number of nitro benzene ring substituents is 1. The quantitative estimate of drug-likeness (QED) is 0.617. The van der Waals surface area contributed by atoms with Gasteiger partial charge in [0.25, 0.3) is 5.69 Å². The fourth-order valence-corrected chi connectivity index (χ4v) is 2.06. The van der Waals surface area contributed by atoms with Gasteiger partial charge in [-0.15, -0.1) is 0 Å². The van der Waals surface area contributed by atoms with Crippen LogP contribution in [0.4, 0.5) is 5.69 Å². The second-order valence-corrected chi connectivity index (χ2v) is 5.56. The highest BCUT2D eigenvalue weighted by Gasteiger charge is 2.13. The Hall–Kier alpha value is -2.24. The lowest BCUT2D eigenvalue weighted by atomic mass is 10.0. The Balaban J connectivity index is 0. The van der Waals surface area contributed by atoms with E-state index in [-0.39, 0.29) is 33.8 Å². The van der Waals surface area contributed by atoms with Crippen LogP contribution < -0.4 is 0 Å². The molecule has 0 saturated carbocycles. The predicted octanol–water partition coefficient (Wildman–Crippen LogP) is 4.77. The fraction of sp³-hybridized carbons (Fsp3) is 0.400. The zero-order valence-electron chi connectivity index (χ0n) is 14.0. The van der Waals surface area contributed by atoms with Crippen LogP contribution in [0.25, 0.3) is 0 Å². The number of aryl methyl sites for hydroxylation is 4. The van der Waals surface area contributed by atoms with Crippen molar-refractivity contribution in [2.45, 2.75) is 55.8 Å². The van der Waals surface area contributed by atoms with Crippen molar-refractivity contribution in [3.8, 4) is 0 Å². The molecule has 5 nitrogen and oxygen atoms in total. The van der Waals surface area contributed by atoms with Gasteiger partial charge in [-0.3, -0.25) is 10.1 Å². The van der Waals surface area contributed by atoms with Crippen molar-refractivity contribution in [2.75, 3.05) is 0 Å². The Morgan fingerprint density at radius 3 is 1.80 bits per heavy atom. The zero-order chi connectivity index (χ0) is 17.6. The van der Waals surface area contributed by atoms with Crippen LogP contribution in [-0.2, 0) is 13.2 Å². The normalized spacial score (nSPS) is 9.20. The van der Waals surface area contributed by atoms with Gasteiger partial charge in [0.2, 0.25) is 0 Å². The third-order valence-electron chi connectivity index (χ3n) is 3.82. The molecule has 140 valence electrons. The molecule has 2 aromatic rings. The molecule has 2 N–H and O–H groups in total. The molecule has 25 heavy (non-hydrogen) atoms. The molecule has 0 heterocycles. The van der Waals surface area contributed by atoms with E-state index in [0.29, 0.717) is 5.56 Å². The summed E-state index contributed by atoms with van der Waals surface area (Å²) in [5.74, 6) is 0. The van der Waals surface area contributed by atoms with E-state index in [1.165, 1.54) is 17.2 Å². The van der Waals surface area contributed by atoms with Crippen LogP contribution in [0.1, 0.15) is 48.2 Å². The van der Waals surface area contributed by atoms with Crippen LogP contribution in [0.2, 0.25) is 0 Å². The summed E-state index contributed by atoms with van der Waals surface area (Å²) >= 11 is 0. The molecule has 0 saturated heterocycles. The summed E-state index contributed by atoms with van der Waals surface area (Å²) < 4.78 is 0. The van der Waals surface area contributed by atoms with Crippen LogP contribution in [-0.4, -0.2) is 15.1 Å². The minimum atomic E-state index is -0.474. The summed E-state index contributed by atoms with van der Waals surface area (Å²) in [6.07, 6.45) is 0. The molecule has 2 aromatic carbocycles. The first-order valence-corrected chi connectivity index (χ1v) is 7.32. The average Bonchev–Trinajstić information content (AvgIpc) is 2.52. The van der Waals surface area contributed by atoms with Crippen molar-refractivity contribution in [1.82, 2.24) is 0 Å². The van der Waals surface area contributed by atoms with Crippen LogP contribution in [0.15, 0.2) is 30.3 Å². The summed E-state index contributed by atoms with van der Waals surface area (Å²) in [5, 5.41) is 28.2. The molecule has 0 aliphatic carbocycles. The lowest BCUT2D eigenvalue weighted by Gasteiger charge is -2.03. The highest BCUT2D eigenvalue weighted by molar-refractivity contribution is 5.46. The van der Waals surface area contributed by atoms with E-state index in [1.54, 1.807) is 6.07 Å². The molecule has 0 fully saturated rings. The second-order valence-electron chi connectivity index (χ2n) is 5.56. The summed E-state index contributed by atoms with van der Waals surface area (Å²) in [5.41, 5.74) is 5.68. The van der Waals surface area contributed by atoms with Gasteiger partial charge in [0.15, 0.2) is 0 Å². The van der Waals surface area contributed by atoms with Crippen molar-refractivity contribution in [3.05, 3.63) is 73.8 Å². The maximum atomic E-state index is 10.5. The average molecular weight is 349 g/mol. The van der Waals surface area contributed by atoms with Gasteiger partial charge in [-0.25, -0.2) is 0 Å². The molecular formula is C20H31NO4. The van der Waals surface area contributed by atoms with Gasteiger partial charge >= 0.3 is 0 Å². The summed E-state index contributed by atoms with van der Waals surface area (Å²) in [4.78, 5) is 10.1. The third-order valence-corrected chi connectivity index (χ3v) is 3.82. The minimum Gasteiger partial charge on any atom is -0.392 e. The molecule has 0 spiro atoms. The Bertz CT molecular complexity index is 696. The van der Waals surface area contributed by atoms with Gasteiger partial charge in [0.05, 0.1) is 23.7 Å². The molecule has 0 radical (unpaired) electrons. The Morgan fingerprint density at radius 2 is 1.36 bits per heavy atom. The largest absolute Gasteiger partial charge is 0.392 e. The SMILES string of the molecule is C.C.Cc1cc(CO)c([N+](=O)[O-])cc1C.Cc1ccc(CO)cc1C. The van der Waals surface area contributed by atoms with Gasteiger partial charge in [0, 0.05) is 6.07 Å². The Labute approximate surface area is 151 Å². The highest BCUT2D eigenvalue weighted by Crippen LogP contribution is 2.22. The first kappa shape index (κ1) is 25.0. The van der Waals surface area contributed by atoms with Gasteiger partial charge in [-0.2, -0.15) is 0 Å². The Kier molecular flexibility index (Phi) is 11.3. The van der Waals surface area contributed by atoms with Crippen molar-refractivity contribution in [2.24, 2.45) is 0 Å². The van der Waals surface area contributed by atoms with E-state index >= 15 is 0 Å². The van der Waals surface area contributed by atoms with Crippen LogP contribution >= 0.6 is 0 Å². The molecule has 0 aliphatic rings. The molecule has 0 amide bonds. The van der Waals surface area contributed by atoms with E-state index in [4.69, 9.17) is 10.2 Å². The summed E-state index contributed by atoms with van der Waals surface area (Å²) in [7, 11) is 0. The number of hydrogen-bond acceptors (Lipinski definition) is 4. The fourth-order valence-electron chi connectivity index (χ4n) is 2.06. The van der Waals surface area contributed by atoms with Crippen molar-refractivity contribution in [1.29, 1.82) is 0 Å². The van der Waals surface area contributed by atoms with E-state index in [2.05, 4.69) is 13.8 Å². The number of aliphatic hydroxyl groups excluding tert-OH is 2. The number of aliphatic hydroxyl groups is 2. The van der Waals surface area contributed by atoms with Crippen LogP contribution in [0, 0.1) is 37.8 Å². The van der Waals surface area contributed by atoms with Gasteiger partial charge in [-0.05, 0) is 61.6 Å². The van der Waals surface area contributed by atoms with Crippen molar-refractivity contribution < 1.29 is 15.1 Å². The first-order chi connectivity index (χ1) is 10.8. The molecule has 5 heteroatoms. The number of nitrogens with zero attached hydrogens (tertiary/aromatic N) is 1. The summed E-state index contributed by atoms with van der Waals surface area (Å²) in [6.45, 7) is 7.63. The molecular weight excluding hydrogens is 318 g/mol. The molecule has 0 aliphatic heterocycles.